The second-order valence-electron chi connectivity index (χ2n) is 4.48. The summed E-state index contributed by atoms with van der Waals surface area (Å²) in [5.41, 5.74) is 7.07. The highest BCUT2D eigenvalue weighted by Crippen LogP contribution is 2.20. The maximum absolute atomic E-state index is 11.9. The van der Waals surface area contributed by atoms with Crippen LogP contribution in [0.5, 0.6) is 0 Å². The smallest absolute Gasteiger partial charge is 0.227 e. The van der Waals surface area contributed by atoms with Crippen molar-refractivity contribution in [2.75, 3.05) is 13.2 Å². The van der Waals surface area contributed by atoms with E-state index in [1.54, 1.807) is 11.3 Å². The van der Waals surface area contributed by atoms with Crippen LogP contribution >= 0.6 is 11.3 Å². The number of thiophene rings is 1. The van der Waals surface area contributed by atoms with Crippen molar-refractivity contribution < 1.29 is 9.53 Å². The van der Waals surface area contributed by atoms with E-state index in [9.17, 15) is 4.79 Å². The molecule has 17 heavy (non-hydrogen) atoms. The lowest BCUT2D eigenvalue weighted by Gasteiger charge is -2.12. The predicted octanol–water partition coefficient (Wildman–Crippen LogP) is 0.955. The Kier molecular flexibility index (Phi) is 3.81. The van der Waals surface area contributed by atoms with Crippen LogP contribution in [-0.4, -0.2) is 25.2 Å². The summed E-state index contributed by atoms with van der Waals surface area (Å²) in [4.78, 5) is 14.3. The van der Waals surface area contributed by atoms with Crippen LogP contribution in [0.15, 0.2) is 6.07 Å². The Bertz CT molecular complexity index is 397. The van der Waals surface area contributed by atoms with Gasteiger partial charge in [-0.1, -0.05) is 0 Å². The van der Waals surface area contributed by atoms with Crippen molar-refractivity contribution in [3.8, 4) is 0 Å². The molecule has 2 heterocycles. The van der Waals surface area contributed by atoms with E-state index in [2.05, 4.69) is 25.2 Å². The van der Waals surface area contributed by atoms with Crippen LogP contribution in [0.1, 0.15) is 15.3 Å². The van der Waals surface area contributed by atoms with Crippen LogP contribution in [0.25, 0.3) is 0 Å². The summed E-state index contributed by atoms with van der Waals surface area (Å²) in [6, 6.07) is 1.95. The van der Waals surface area contributed by atoms with E-state index >= 15 is 0 Å². The SMILES string of the molecule is Cc1cc(CNC(=O)C2COCC2N)sc1C. The number of hydrogen-bond acceptors (Lipinski definition) is 4. The normalized spacial score (nSPS) is 23.9. The van der Waals surface area contributed by atoms with Crippen molar-refractivity contribution in [3.05, 3.63) is 21.4 Å². The van der Waals surface area contributed by atoms with Crippen molar-refractivity contribution in [2.24, 2.45) is 11.7 Å². The molecule has 0 bridgehead atoms. The van der Waals surface area contributed by atoms with Gasteiger partial charge in [0.25, 0.3) is 0 Å². The van der Waals surface area contributed by atoms with Crippen LogP contribution in [0.3, 0.4) is 0 Å². The summed E-state index contributed by atoms with van der Waals surface area (Å²) in [6.07, 6.45) is 0. The van der Waals surface area contributed by atoms with E-state index in [0.29, 0.717) is 19.8 Å². The van der Waals surface area contributed by atoms with Gasteiger partial charge in [-0.25, -0.2) is 0 Å². The molecule has 0 aliphatic carbocycles. The number of carbonyl (C=O) groups is 1. The standard InChI is InChI=1S/C12H18N2O2S/c1-7-3-9(17-8(7)2)4-14-12(15)10-5-16-6-11(10)13/h3,10-11H,4-6,13H2,1-2H3,(H,14,15). The fraction of sp³-hybridized carbons (Fsp3) is 0.583. The second kappa shape index (κ2) is 5.16. The minimum absolute atomic E-state index is 0.00120. The average Bonchev–Trinajstić information content (AvgIpc) is 2.83. The van der Waals surface area contributed by atoms with Crippen LogP contribution in [0, 0.1) is 19.8 Å². The summed E-state index contributed by atoms with van der Waals surface area (Å²) < 4.78 is 5.18. The van der Waals surface area contributed by atoms with Gasteiger partial charge in [-0.3, -0.25) is 4.79 Å². The second-order valence-corrected chi connectivity index (χ2v) is 5.82. The third-order valence-corrected chi connectivity index (χ3v) is 4.27. The Hall–Kier alpha value is -0.910. The quantitative estimate of drug-likeness (QED) is 0.844. The number of hydrogen-bond donors (Lipinski definition) is 2. The molecule has 4 nitrogen and oxygen atoms in total. The molecule has 1 amide bonds. The number of ether oxygens (including phenoxy) is 1. The number of amides is 1. The first-order chi connectivity index (χ1) is 8.08. The first-order valence-electron chi connectivity index (χ1n) is 5.75. The maximum Gasteiger partial charge on any atom is 0.227 e. The highest BCUT2D eigenvalue weighted by atomic mass is 32.1. The molecule has 1 fully saturated rings. The maximum atomic E-state index is 11.9. The highest BCUT2D eigenvalue weighted by Gasteiger charge is 2.31. The van der Waals surface area contributed by atoms with E-state index in [1.807, 2.05) is 0 Å². The molecule has 5 heteroatoms. The lowest BCUT2D eigenvalue weighted by Crippen LogP contribution is -2.40. The molecule has 1 aromatic heterocycles. The van der Waals surface area contributed by atoms with Gasteiger partial charge in [0.1, 0.15) is 0 Å². The molecule has 2 atom stereocenters. The van der Waals surface area contributed by atoms with Crippen LogP contribution in [0.4, 0.5) is 0 Å². The molecule has 1 aliphatic heterocycles. The van der Waals surface area contributed by atoms with Gasteiger partial charge >= 0.3 is 0 Å². The molecule has 1 saturated heterocycles. The summed E-state index contributed by atoms with van der Waals surface area (Å²) in [5.74, 6) is -0.198. The van der Waals surface area contributed by atoms with Gasteiger partial charge in [-0.15, -0.1) is 11.3 Å². The molecule has 3 N–H and O–H groups in total. The highest BCUT2D eigenvalue weighted by molar-refractivity contribution is 7.12. The Morgan fingerprint density at radius 2 is 2.35 bits per heavy atom. The monoisotopic (exact) mass is 254 g/mol. The van der Waals surface area contributed by atoms with Gasteiger partial charge in [0.2, 0.25) is 5.91 Å². The third kappa shape index (κ3) is 2.86. The third-order valence-electron chi connectivity index (χ3n) is 3.12. The number of rotatable bonds is 3. The first-order valence-corrected chi connectivity index (χ1v) is 6.56. The van der Waals surface area contributed by atoms with E-state index in [-0.39, 0.29) is 17.9 Å². The Labute approximate surface area is 105 Å². The number of nitrogens with two attached hydrogens (primary N) is 1. The number of nitrogens with one attached hydrogen (secondary N) is 1. The summed E-state index contributed by atoms with van der Waals surface area (Å²) in [6.45, 7) is 5.68. The molecule has 2 unspecified atom stereocenters. The Morgan fingerprint density at radius 1 is 1.59 bits per heavy atom. The predicted molar refractivity (Wildman–Crippen MR) is 67.9 cm³/mol. The van der Waals surface area contributed by atoms with Crippen LogP contribution in [0.2, 0.25) is 0 Å². The molecule has 94 valence electrons. The topological polar surface area (TPSA) is 64.3 Å². The van der Waals surface area contributed by atoms with Crippen molar-refractivity contribution in [1.82, 2.24) is 5.32 Å². The van der Waals surface area contributed by atoms with Gasteiger partial charge < -0.3 is 15.8 Å². The zero-order chi connectivity index (χ0) is 12.4. The number of carbonyl (C=O) groups excluding carboxylic acids is 1. The zero-order valence-corrected chi connectivity index (χ0v) is 11.0. The molecule has 0 saturated carbocycles. The molecule has 1 aliphatic rings. The van der Waals surface area contributed by atoms with Crippen LogP contribution < -0.4 is 11.1 Å². The Morgan fingerprint density at radius 3 is 2.88 bits per heavy atom. The molecule has 2 rings (SSSR count). The van der Waals surface area contributed by atoms with E-state index < -0.39 is 0 Å². The Balaban J connectivity index is 1.87. The lowest BCUT2D eigenvalue weighted by molar-refractivity contribution is -0.125. The molecular formula is C12H18N2O2S. The zero-order valence-electron chi connectivity index (χ0n) is 10.2. The average molecular weight is 254 g/mol. The molecule has 0 radical (unpaired) electrons. The van der Waals surface area contributed by atoms with Gasteiger partial charge in [-0.2, -0.15) is 0 Å². The van der Waals surface area contributed by atoms with Gasteiger partial charge in [0, 0.05) is 15.8 Å². The van der Waals surface area contributed by atoms with Crippen molar-refractivity contribution >= 4 is 17.2 Å². The van der Waals surface area contributed by atoms with Crippen LogP contribution in [-0.2, 0) is 16.1 Å². The summed E-state index contributed by atoms with van der Waals surface area (Å²) in [5, 5.41) is 2.92. The molecule has 0 aromatic carbocycles. The van der Waals surface area contributed by atoms with Gasteiger partial charge in [-0.05, 0) is 25.5 Å². The fourth-order valence-corrected chi connectivity index (χ4v) is 2.88. The molecule has 1 aromatic rings. The van der Waals surface area contributed by atoms with Crippen molar-refractivity contribution in [3.63, 3.8) is 0 Å². The lowest BCUT2D eigenvalue weighted by atomic mass is 10.0. The minimum atomic E-state index is -0.197. The van der Waals surface area contributed by atoms with Crippen molar-refractivity contribution in [1.29, 1.82) is 0 Å². The first kappa shape index (κ1) is 12.5. The van der Waals surface area contributed by atoms with E-state index in [4.69, 9.17) is 10.5 Å². The fourth-order valence-electron chi connectivity index (χ4n) is 1.88. The van der Waals surface area contributed by atoms with Gasteiger partial charge in [0.15, 0.2) is 0 Å². The van der Waals surface area contributed by atoms with E-state index in [1.165, 1.54) is 15.3 Å². The van der Waals surface area contributed by atoms with E-state index in [0.717, 1.165) is 0 Å². The largest absolute Gasteiger partial charge is 0.379 e. The summed E-state index contributed by atoms with van der Waals surface area (Å²) in [7, 11) is 0. The molecule has 0 spiro atoms. The molecular weight excluding hydrogens is 236 g/mol. The van der Waals surface area contributed by atoms with Gasteiger partial charge in [0.05, 0.1) is 25.7 Å². The summed E-state index contributed by atoms with van der Waals surface area (Å²) >= 11 is 1.72. The minimum Gasteiger partial charge on any atom is -0.379 e. The number of aryl methyl sites for hydroxylation is 2. The van der Waals surface area contributed by atoms with Crippen molar-refractivity contribution in [2.45, 2.75) is 26.4 Å².